The molecule has 1 aliphatic carbocycles. The quantitative estimate of drug-likeness (QED) is 0.869. The molecule has 1 fully saturated rings. The van der Waals surface area contributed by atoms with E-state index in [0.29, 0.717) is 5.25 Å². The zero-order valence-electron chi connectivity index (χ0n) is 12.8. The lowest BCUT2D eigenvalue weighted by Crippen LogP contribution is -2.48. The summed E-state index contributed by atoms with van der Waals surface area (Å²) in [5, 5.41) is 20.5. The van der Waals surface area contributed by atoms with Gasteiger partial charge in [-0.15, -0.1) is 5.10 Å². The van der Waals surface area contributed by atoms with Crippen LogP contribution in [0.15, 0.2) is 9.95 Å². The third-order valence-corrected chi connectivity index (χ3v) is 5.13. The molecule has 1 aromatic rings. The smallest absolute Gasteiger partial charge is 0.300 e. The predicted molar refractivity (Wildman–Crippen MR) is 83.4 cm³/mol. The number of nitrogens with one attached hydrogen (secondary N) is 2. The van der Waals surface area contributed by atoms with Crippen LogP contribution in [-0.2, 0) is 0 Å². The normalized spacial score (nSPS) is 26.0. The molecule has 1 saturated carbocycles. The first-order valence-corrected chi connectivity index (χ1v) is 8.39. The summed E-state index contributed by atoms with van der Waals surface area (Å²) < 4.78 is 1.68. The molecule has 2 unspecified atom stereocenters. The highest BCUT2D eigenvalue weighted by Gasteiger charge is 2.36. The van der Waals surface area contributed by atoms with Crippen molar-refractivity contribution >= 4 is 11.8 Å². The van der Waals surface area contributed by atoms with Gasteiger partial charge in [0, 0.05) is 11.3 Å². The van der Waals surface area contributed by atoms with E-state index >= 15 is 0 Å². The molecule has 2 N–H and O–H groups in total. The maximum Gasteiger partial charge on any atom is 0.344 e. The van der Waals surface area contributed by atoms with Crippen molar-refractivity contribution in [3.8, 4) is 6.07 Å². The van der Waals surface area contributed by atoms with Crippen molar-refractivity contribution in [1.82, 2.24) is 20.1 Å². The average Bonchev–Trinajstić information content (AvgIpc) is 2.80. The van der Waals surface area contributed by atoms with Gasteiger partial charge in [-0.05, 0) is 46.1 Å². The van der Waals surface area contributed by atoms with Gasteiger partial charge >= 0.3 is 5.69 Å². The molecule has 7 heteroatoms. The molecule has 21 heavy (non-hydrogen) atoms. The molecule has 0 amide bonds. The first-order valence-electron chi connectivity index (χ1n) is 7.51. The number of hydrogen-bond acceptors (Lipinski definition) is 5. The van der Waals surface area contributed by atoms with E-state index in [0.717, 1.165) is 37.4 Å². The van der Waals surface area contributed by atoms with Crippen LogP contribution in [0.25, 0.3) is 0 Å². The van der Waals surface area contributed by atoms with Crippen molar-refractivity contribution in [2.75, 3.05) is 6.54 Å². The molecular formula is C14H23N5OS. The van der Waals surface area contributed by atoms with Gasteiger partial charge in [0.1, 0.15) is 5.54 Å². The number of nitriles is 1. The van der Waals surface area contributed by atoms with Crippen LogP contribution in [0.5, 0.6) is 0 Å². The van der Waals surface area contributed by atoms with E-state index in [-0.39, 0.29) is 11.7 Å². The van der Waals surface area contributed by atoms with Gasteiger partial charge in [-0.2, -0.15) is 5.26 Å². The fourth-order valence-electron chi connectivity index (χ4n) is 2.94. The summed E-state index contributed by atoms with van der Waals surface area (Å²) in [6.45, 7) is 6.77. The van der Waals surface area contributed by atoms with E-state index in [9.17, 15) is 10.1 Å². The molecule has 0 bridgehead atoms. The summed E-state index contributed by atoms with van der Waals surface area (Å²) in [5.74, 6) is 0. The number of aromatic nitrogens is 3. The largest absolute Gasteiger partial charge is 0.344 e. The van der Waals surface area contributed by atoms with Gasteiger partial charge in [-0.1, -0.05) is 18.7 Å². The Morgan fingerprint density at radius 2 is 2.43 bits per heavy atom. The second kappa shape index (κ2) is 6.67. The summed E-state index contributed by atoms with van der Waals surface area (Å²) in [4.78, 5) is 11.8. The van der Waals surface area contributed by atoms with E-state index in [2.05, 4.69) is 21.6 Å². The molecule has 1 aromatic heterocycles. The summed E-state index contributed by atoms with van der Waals surface area (Å²) in [6, 6.07) is 2.54. The number of nitrogens with zero attached hydrogens (tertiary/aromatic N) is 3. The topological polar surface area (TPSA) is 86.5 Å². The molecule has 1 aliphatic rings. The molecule has 0 spiro atoms. The highest BCUT2D eigenvalue weighted by atomic mass is 32.2. The van der Waals surface area contributed by atoms with Crippen molar-refractivity contribution in [2.24, 2.45) is 0 Å². The van der Waals surface area contributed by atoms with Crippen LogP contribution in [-0.4, -0.2) is 32.1 Å². The van der Waals surface area contributed by atoms with E-state index in [1.807, 2.05) is 20.8 Å². The van der Waals surface area contributed by atoms with Crippen molar-refractivity contribution in [3.05, 3.63) is 10.5 Å². The van der Waals surface area contributed by atoms with E-state index < -0.39 is 5.54 Å². The van der Waals surface area contributed by atoms with Crippen LogP contribution in [0.2, 0.25) is 0 Å². The Balaban J connectivity index is 2.13. The fourth-order valence-corrected chi connectivity index (χ4v) is 4.40. The minimum absolute atomic E-state index is 0.0804. The molecule has 0 saturated heterocycles. The van der Waals surface area contributed by atoms with Crippen LogP contribution < -0.4 is 11.0 Å². The second-order valence-corrected chi connectivity index (χ2v) is 7.10. The van der Waals surface area contributed by atoms with Crippen LogP contribution in [0.3, 0.4) is 0 Å². The molecule has 0 radical (unpaired) electrons. The first kappa shape index (κ1) is 16.1. The number of thioether (sulfide) groups is 1. The molecule has 0 aromatic carbocycles. The van der Waals surface area contributed by atoms with Crippen molar-refractivity contribution in [1.29, 1.82) is 5.26 Å². The van der Waals surface area contributed by atoms with Gasteiger partial charge < -0.3 is 0 Å². The van der Waals surface area contributed by atoms with Gasteiger partial charge in [-0.3, -0.25) is 9.88 Å². The van der Waals surface area contributed by atoms with E-state index in [1.165, 1.54) is 0 Å². The average molecular weight is 309 g/mol. The van der Waals surface area contributed by atoms with Gasteiger partial charge in [0.15, 0.2) is 5.16 Å². The SMILES string of the molecule is CCNC1(C#N)CCCC(Sc2n[nH]c(=O)n2C(C)C)C1. The molecule has 6 nitrogen and oxygen atoms in total. The van der Waals surface area contributed by atoms with E-state index in [1.54, 1.807) is 16.3 Å². The lowest BCUT2D eigenvalue weighted by Gasteiger charge is -2.35. The molecule has 116 valence electrons. The van der Waals surface area contributed by atoms with Gasteiger partial charge in [0.05, 0.1) is 6.07 Å². The van der Waals surface area contributed by atoms with Gasteiger partial charge in [0.2, 0.25) is 0 Å². The fraction of sp³-hybridized carbons (Fsp3) is 0.786. The maximum atomic E-state index is 11.8. The lowest BCUT2D eigenvalue weighted by molar-refractivity contribution is 0.309. The van der Waals surface area contributed by atoms with Crippen molar-refractivity contribution in [3.63, 3.8) is 0 Å². The number of hydrogen-bond donors (Lipinski definition) is 2. The van der Waals surface area contributed by atoms with Gasteiger partial charge in [0.25, 0.3) is 0 Å². The zero-order valence-corrected chi connectivity index (χ0v) is 13.7. The summed E-state index contributed by atoms with van der Waals surface area (Å²) in [5.41, 5.74) is -0.592. The van der Waals surface area contributed by atoms with E-state index in [4.69, 9.17) is 0 Å². The van der Waals surface area contributed by atoms with Crippen LogP contribution in [0.1, 0.15) is 52.5 Å². The number of aromatic amines is 1. The Morgan fingerprint density at radius 3 is 3.05 bits per heavy atom. The second-order valence-electron chi connectivity index (χ2n) is 5.84. The van der Waals surface area contributed by atoms with Crippen LogP contribution in [0, 0.1) is 11.3 Å². The molecule has 0 aliphatic heterocycles. The Kier molecular flexibility index (Phi) is 5.12. The third kappa shape index (κ3) is 3.50. The van der Waals surface area contributed by atoms with Crippen LogP contribution in [0.4, 0.5) is 0 Å². The van der Waals surface area contributed by atoms with Crippen molar-refractivity contribution in [2.45, 2.75) is 68.4 Å². The Hall–Kier alpha value is -1.26. The van der Waals surface area contributed by atoms with Crippen LogP contribution >= 0.6 is 11.8 Å². The van der Waals surface area contributed by atoms with Gasteiger partial charge in [-0.25, -0.2) is 9.89 Å². The van der Waals surface area contributed by atoms with Crippen molar-refractivity contribution < 1.29 is 0 Å². The lowest BCUT2D eigenvalue weighted by atomic mass is 9.82. The Bertz CT molecular complexity index is 569. The molecule has 2 atom stereocenters. The Morgan fingerprint density at radius 1 is 1.67 bits per heavy atom. The summed E-state index contributed by atoms with van der Waals surface area (Å²) in [6.07, 6.45) is 3.76. The minimum atomic E-state index is -0.427. The molecular weight excluding hydrogens is 286 g/mol. The number of rotatable bonds is 5. The predicted octanol–water partition coefficient (Wildman–Crippen LogP) is 2.06. The summed E-state index contributed by atoms with van der Waals surface area (Å²) >= 11 is 1.61. The third-order valence-electron chi connectivity index (χ3n) is 3.90. The monoisotopic (exact) mass is 309 g/mol. The summed E-state index contributed by atoms with van der Waals surface area (Å²) in [7, 11) is 0. The Labute approximate surface area is 129 Å². The maximum absolute atomic E-state index is 11.8. The first-order chi connectivity index (χ1) is 10.0. The minimum Gasteiger partial charge on any atom is -0.300 e. The highest BCUT2D eigenvalue weighted by Crippen LogP contribution is 2.37. The zero-order chi connectivity index (χ0) is 15.5. The molecule has 1 heterocycles. The number of H-pyrrole nitrogens is 1. The highest BCUT2D eigenvalue weighted by molar-refractivity contribution is 7.99. The standard InChI is InChI=1S/C14H23N5OS/c1-4-16-14(9-15)7-5-6-11(8-14)21-13-18-17-12(20)19(13)10(2)3/h10-11,16H,4-8H2,1-3H3,(H,17,20). The molecule has 2 rings (SSSR count).